The van der Waals surface area contributed by atoms with Crippen LogP contribution in [0.1, 0.15) is 10.4 Å². The van der Waals surface area contributed by atoms with E-state index >= 15 is 0 Å². The quantitative estimate of drug-likeness (QED) is 0.813. The van der Waals surface area contributed by atoms with Crippen LogP contribution >= 0.6 is 31.9 Å². The summed E-state index contributed by atoms with van der Waals surface area (Å²) in [7, 11) is 1.54. The van der Waals surface area contributed by atoms with Gasteiger partial charge in [0.25, 0.3) is 5.91 Å². The standard InChI is InChI=1S/C14H10Br2FNO2/c1-20-10-6-8(15)5-9(7-10)18-14(19)11-3-2-4-12(17)13(11)16/h2-7H,1H3,(H,18,19). The van der Waals surface area contributed by atoms with Crippen molar-refractivity contribution in [3.63, 3.8) is 0 Å². The van der Waals surface area contributed by atoms with Gasteiger partial charge in [0.1, 0.15) is 11.6 Å². The van der Waals surface area contributed by atoms with E-state index in [1.807, 2.05) is 0 Å². The van der Waals surface area contributed by atoms with E-state index in [1.54, 1.807) is 18.2 Å². The highest BCUT2D eigenvalue weighted by atomic mass is 79.9. The fraction of sp³-hybridized carbons (Fsp3) is 0.0714. The summed E-state index contributed by atoms with van der Waals surface area (Å²) in [4.78, 5) is 12.1. The second-order valence-electron chi connectivity index (χ2n) is 3.94. The largest absolute Gasteiger partial charge is 0.497 e. The number of amides is 1. The predicted octanol–water partition coefficient (Wildman–Crippen LogP) is 4.61. The van der Waals surface area contributed by atoms with E-state index in [-0.39, 0.29) is 10.0 Å². The van der Waals surface area contributed by atoms with Crippen LogP contribution in [0.15, 0.2) is 45.3 Å². The Morgan fingerprint density at radius 2 is 2.00 bits per heavy atom. The molecule has 104 valence electrons. The molecule has 0 fully saturated rings. The van der Waals surface area contributed by atoms with Crippen molar-refractivity contribution in [2.24, 2.45) is 0 Å². The first-order valence-electron chi connectivity index (χ1n) is 5.61. The summed E-state index contributed by atoms with van der Waals surface area (Å²) < 4.78 is 19.4. The van der Waals surface area contributed by atoms with Crippen molar-refractivity contribution in [3.8, 4) is 5.75 Å². The smallest absolute Gasteiger partial charge is 0.256 e. The number of hydrogen-bond acceptors (Lipinski definition) is 2. The SMILES string of the molecule is COc1cc(Br)cc(NC(=O)c2cccc(F)c2Br)c1. The van der Waals surface area contributed by atoms with Crippen LogP contribution < -0.4 is 10.1 Å². The minimum Gasteiger partial charge on any atom is -0.497 e. The van der Waals surface area contributed by atoms with Crippen LogP contribution in [0.4, 0.5) is 10.1 Å². The van der Waals surface area contributed by atoms with E-state index in [4.69, 9.17) is 4.74 Å². The van der Waals surface area contributed by atoms with E-state index in [9.17, 15) is 9.18 Å². The summed E-state index contributed by atoms with van der Waals surface area (Å²) in [5.74, 6) is -0.283. The zero-order valence-electron chi connectivity index (χ0n) is 10.4. The number of halogens is 3. The molecule has 2 aromatic carbocycles. The summed E-state index contributed by atoms with van der Waals surface area (Å²) in [6.45, 7) is 0. The Kier molecular flexibility index (Phi) is 4.77. The zero-order chi connectivity index (χ0) is 14.7. The lowest BCUT2D eigenvalue weighted by atomic mass is 10.2. The monoisotopic (exact) mass is 401 g/mol. The molecule has 0 aliphatic rings. The van der Waals surface area contributed by atoms with Gasteiger partial charge in [-0.15, -0.1) is 0 Å². The minimum absolute atomic E-state index is 0.138. The summed E-state index contributed by atoms with van der Waals surface area (Å²) in [5.41, 5.74) is 0.779. The molecule has 0 aliphatic heterocycles. The Morgan fingerprint density at radius 3 is 2.70 bits per heavy atom. The third-order valence-electron chi connectivity index (χ3n) is 2.56. The molecule has 0 spiro atoms. The molecule has 0 saturated heterocycles. The van der Waals surface area contributed by atoms with Crippen molar-refractivity contribution >= 4 is 43.5 Å². The van der Waals surface area contributed by atoms with E-state index in [2.05, 4.69) is 37.2 Å². The van der Waals surface area contributed by atoms with Crippen molar-refractivity contribution in [2.45, 2.75) is 0 Å². The zero-order valence-corrected chi connectivity index (χ0v) is 13.6. The Bertz CT molecular complexity index is 662. The Morgan fingerprint density at radius 1 is 1.25 bits per heavy atom. The molecule has 0 unspecified atom stereocenters. The lowest BCUT2D eigenvalue weighted by molar-refractivity contribution is 0.102. The maximum Gasteiger partial charge on any atom is 0.256 e. The molecule has 1 amide bonds. The number of carbonyl (C=O) groups excluding carboxylic acids is 1. The molecule has 0 atom stereocenters. The molecule has 0 radical (unpaired) electrons. The molecule has 0 aliphatic carbocycles. The third kappa shape index (κ3) is 3.37. The first-order valence-corrected chi connectivity index (χ1v) is 7.20. The number of methoxy groups -OCH3 is 1. The van der Waals surface area contributed by atoms with E-state index < -0.39 is 11.7 Å². The summed E-state index contributed by atoms with van der Waals surface area (Å²) >= 11 is 6.39. The second-order valence-corrected chi connectivity index (χ2v) is 5.64. The van der Waals surface area contributed by atoms with Crippen molar-refractivity contribution in [1.29, 1.82) is 0 Å². The fourth-order valence-electron chi connectivity index (χ4n) is 1.63. The van der Waals surface area contributed by atoms with Gasteiger partial charge < -0.3 is 10.1 Å². The number of rotatable bonds is 3. The summed E-state index contributed by atoms with van der Waals surface area (Å²) in [6.07, 6.45) is 0. The molecular weight excluding hydrogens is 393 g/mol. The molecule has 20 heavy (non-hydrogen) atoms. The molecule has 2 aromatic rings. The van der Waals surface area contributed by atoms with Crippen molar-refractivity contribution in [2.75, 3.05) is 12.4 Å². The molecule has 3 nitrogen and oxygen atoms in total. The lowest BCUT2D eigenvalue weighted by Crippen LogP contribution is -2.13. The number of anilines is 1. The third-order valence-corrected chi connectivity index (χ3v) is 3.82. The van der Waals surface area contributed by atoms with Crippen LogP contribution in [0.2, 0.25) is 0 Å². The van der Waals surface area contributed by atoms with Gasteiger partial charge in [-0.3, -0.25) is 4.79 Å². The fourth-order valence-corrected chi connectivity index (χ4v) is 2.55. The molecule has 0 aromatic heterocycles. The van der Waals surface area contributed by atoms with Gasteiger partial charge in [-0.25, -0.2) is 4.39 Å². The van der Waals surface area contributed by atoms with Gasteiger partial charge >= 0.3 is 0 Å². The van der Waals surface area contributed by atoms with Gasteiger partial charge in [0.2, 0.25) is 0 Å². The topological polar surface area (TPSA) is 38.3 Å². The average molecular weight is 403 g/mol. The molecular formula is C14H10Br2FNO2. The highest BCUT2D eigenvalue weighted by molar-refractivity contribution is 9.10. The minimum atomic E-state index is -0.482. The van der Waals surface area contributed by atoms with Crippen molar-refractivity contribution < 1.29 is 13.9 Å². The number of hydrogen-bond donors (Lipinski definition) is 1. The first-order chi connectivity index (χ1) is 9.51. The lowest BCUT2D eigenvalue weighted by Gasteiger charge is -2.09. The first kappa shape index (κ1) is 15.0. The Balaban J connectivity index is 2.28. The van der Waals surface area contributed by atoms with Crippen LogP contribution in [-0.2, 0) is 0 Å². The van der Waals surface area contributed by atoms with Gasteiger partial charge in [-0.05, 0) is 40.2 Å². The average Bonchev–Trinajstić information content (AvgIpc) is 2.41. The van der Waals surface area contributed by atoms with Gasteiger partial charge in [0.15, 0.2) is 0 Å². The Hall–Kier alpha value is -1.40. The molecule has 0 saturated carbocycles. The number of benzene rings is 2. The van der Waals surface area contributed by atoms with Gasteiger partial charge in [-0.1, -0.05) is 22.0 Å². The van der Waals surface area contributed by atoms with Crippen LogP contribution in [0, 0.1) is 5.82 Å². The molecule has 1 N–H and O–H groups in total. The normalized spacial score (nSPS) is 10.2. The van der Waals surface area contributed by atoms with Gasteiger partial charge in [-0.2, -0.15) is 0 Å². The van der Waals surface area contributed by atoms with Crippen molar-refractivity contribution in [3.05, 3.63) is 56.7 Å². The maximum absolute atomic E-state index is 13.4. The maximum atomic E-state index is 13.4. The highest BCUT2D eigenvalue weighted by Gasteiger charge is 2.13. The number of ether oxygens (including phenoxy) is 1. The van der Waals surface area contributed by atoms with E-state index in [0.717, 1.165) is 4.47 Å². The van der Waals surface area contributed by atoms with E-state index in [0.29, 0.717) is 11.4 Å². The second kappa shape index (κ2) is 6.37. The number of nitrogens with one attached hydrogen (secondary N) is 1. The summed E-state index contributed by atoms with van der Waals surface area (Å²) in [6, 6.07) is 9.48. The molecule has 0 heterocycles. The van der Waals surface area contributed by atoms with Gasteiger partial charge in [0, 0.05) is 16.2 Å². The van der Waals surface area contributed by atoms with Crippen molar-refractivity contribution in [1.82, 2.24) is 0 Å². The highest BCUT2D eigenvalue weighted by Crippen LogP contribution is 2.26. The molecule has 0 bridgehead atoms. The predicted molar refractivity (Wildman–Crippen MR) is 82.7 cm³/mol. The molecule has 2 rings (SSSR count). The van der Waals surface area contributed by atoms with E-state index in [1.165, 1.54) is 25.3 Å². The number of carbonyl (C=O) groups is 1. The molecule has 6 heteroatoms. The van der Waals surface area contributed by atoms with Crippen LogP contribution in [0.25, 0.3) is 0 Å². The Labute approximate surface area is 132 Å². The van der Waals surface area contributed by atoms with Crippen LogP contribution in [0.3, 0.4) is 0 Å². The van der Waals surface area contributed by atoms with Crippen LogP contribution in [0.5, 0.6) is 5.75 Å². The summed E-state index contributed by atoms with van der Waals surface area (Å²) in [5, 5.41) is 2.70. The van der Waals surface area contributed by atoms with Gasteiger partial charge in [0.05, 0.1) is 17.1 Å². The van der Waals surface area contributed by atoms with Crippen LogP contribution in [-0.4, -0.2) is 13.0 Å².